The van der Waals surface area contributed by atoms with Crippen LogP contribution in [0, 0.1) is 5.92 Å². The van der Waals surface area contributed by atoms with Gasteiger partial charge in [-0.2, -0.15) is 0 Å². The molecule has 0 aromatic heterocycles. The molecule has 0 aliphatic carbocycles. The standard InChI is InChI=1S/C13H19NO2S/c1-10(2)12(8-15)14-13(16)9-17-11-6-4-3-5-7-11/h3-7,10,12,15H,8-9H2,1-2H3,(H,14,16). The van der Waals surface area contributed by atoms with E-state index < -0.39 is 0 Å². The van der Waals surface area contributed by atoms with Gasteiger partial charge in [0, 0.05) is 4.90 Å². The van der Waals surface area contributed by atoms with Crippen molar-refractivity contribution in [1.29, 1.82) is 0 Å². The zero-order valence-corrected chi connectivity index (χ0v) is 11.0. The van der Waals surface area contributed by atoms with Crippen molar-refractivity contribution in [2.45, 2.75) is 24.8 Å². The van der Waals surface area contributed by atoms with Gasteiger partial charge in [-0.25, -0.2) is 0 Å². The first-order valence-corrected chi connectivity index (χ1v) is 6.70. The Labute approximate surface area is 107 Å². The quantitative estimate of drug-likeness (QED) is 0.761. The van der Waals surface area contributed by atoms with E-state index in [2.05, 4.69) is 5.32 Å². The molecule has 1 aromatic carbocycles. The molecule has 3 nitrogen and oxygen atoms in total. The molecule has 2 N–H and O–H groups in total. The van der Waals surface area contributed by atoms with E-state index in [0.717, 1.165) is 4.90 Å². The lowest BCUT2D eigenvalue weighted by Gasteiger charge is -2.19. The van der Waals surface area contributed by atoms with E-state index in [0.29, 0.717) is 5.75 Å². The SMILES string of the molecule is CC(C)C(CO)NC(=O)CSc1ccccc1. The lowest BCUT2D eigenvalue weighted by Crippen LogP contribution is -2.41. The number of amides is 1. The van der Waals surface area contributed by atoms with Gasteiger partial charge < -0.3 is 10.4 Å². The fourth-order valence-corrected chi connectivity index (χ4v) is 2.07. The number of thioether (sulfide) groups is 1. The molecule has 4 heteroatoms. The number of hydrogen-bond acceptors (Lipinski definition) is 3. The molecule has 0 radical (unpaired) electrons. The molecule has 0 bridgehead atoms. The van der Waals surface area contributed by atoms with Crippen molar-refractivity contribution in [1.82, 2.24) is 5.32 Å². The summed E-state index contributed by atoms with van der Waals surface area (Å²) >= 11 is 1.50. The molecule has 17 heavy (non-hydrogen) atoms. The number of carbonyl (C=O) groups is 1. The molecular formula is C13H19NO2S. The third-order valence-electron chi connectivity index (χ3n) is 2.46. The van der Waals surface area contributed by atoms with Crippen molar-refractivity contribution in [2.75, 3.05) is 12.4 Å². The largest absolute Gasteiger partial charge is 0.394 e. The highest BCUT2D eigenvalue weighted by atomic mass is 32.2. The van der Waals surface area contributed by atoms with E-state index in [1.807, 2.05) is 44.2 Å². The fraction of sp³-hybridized carbons (Fsp3) is 0.462. The summed E-state index contributed by atoms with van der Waals surface area (Å²) in [5.41, 5.74) is 0. The van der Waals surface area contributed by atoms with Gasteiger partial charge in [0.25, 0.3) is 0 Å². The van der Waals surface area contributed by atoms with Crippen LogP contribution in [0.1, 0.15) is 13.8 Å². The lowest BCUT2D eigenvalue weighted by molar-refractivity contribution is -0.119. The van der Waals surface area contributed by atoms with Gasteiger partial charge in [-0.05, 0) is 18.1 Å². The number of carbonyl (C=O) groups excluding carboxylic acids is 1. The van der Waals surface area contributed by atoms with Crippen LogP contribution in [0.4, 0.5) is 0 Å². The first-order chi connectivity index (χ1) is 8.13. The molecule has 1 atom stereocenters. The molecule has 1 unspecified atom stereocenters. The second-order valence-corrected chi connectivity index (χ2v) is 5.25. The summed E-state index contributed by atoms with van der Waals surface area (Å²) < 4.78 is 0. The molecule has 1 amide bonds. The van der Waals surface area contributed by atoms with E-state index in [1.165, 1.54) is 11.8 Å². The Kier molecular flexibility index (Phi) is 6.08. The van der Waals surface area contributed by atoms with Gasteiger partial charge in [0.05, 0.1) is 18.4 Å². The monoisotopic (exact) mass is 253 g/mol. The van der Waals surface area contributed by atoms with Crippen molar-refractivity contribution < 1.29 is 9.90 Å². The van der Waals surface area contributed by atoms with Gasteiger partial charge in [-0.15, -0.1) is 11.8 Å². The van der Waals surface area contributed by atoms with Crippen LogP contribution in [-0.4, -0.2) is 29.4 Å². The number of rotatable bonds is 6. The first kappa shape index (κ1) is 14.1. The van der Waals surface area contributed by atoms with Crippen LogP contribution in [0.2, 0.25) is 0 Å². The Balaban J connectivity index is 2.35. The van der Waals surface area contributed by atoms with E-state index in [4.69, 9.17) is 5.11 Å². The van der Waals surface area contributed by atoms with Crippen LogP contribution in [0.25, 0.3) is 0 Å². The number of aliphatic hydroxyl groups excluding tert-OH is 1. The van der Waals surface area contributed by atoms with Crippen molar-refractivity contribution >= 4 is 17.7 Å². The number of nitrogens with one attached hydrogen (secondary N) is 1. The maximum Gasteiger partial charge on any atom is 0.230 e. The summed E-state index contributed by atoms with van der Waals surface area (Å²) in [5.74, 6) is 0.588. The van der Waals surface area contributed by atoms with Crippen molar-refractivity contribution in [2.24, 2.45) is 5.92 Å². The summed E-state index contributed by atoms with van der Waals surface area (Å²) in [5, 5.41) is 11.9. The maximum absolute atomic E-state index is 11.6. The van der Waals surface area contributed by atoms with Crippen molar-refractivity contribution in [3.8, 4) is 0 Å². The van der Waals surface area contributed by atoms with Gasteiger partial charge in [0.2, 0.25) is 5.91 Å². The fourth-order valence-electron chi connectivity index (χ4n) is 1.34. The van der Waals surface area contributed by atoms with E-state index in [1.54, 1.807) is 0 Å². The second kappa shape index (κ2) is 7.35. The Morgan fingerprint density at radius 2 is 2.00 bits per heavy atom. The van der Waals surface area contributed by atoms with Gasteiger partial charge in [0.15, 0.2) is 0 Å². The molecule has 0 heterocycles. The Bertz CT molecular complexity index is 341. The highest BCUT2D eigenvalue weighted by molar-refractivity contribution is 8.00. The number of benzene rings is 1. The Morgan fingerprint density at radius 1 is 1.35 bits per heavy atom. The van der Waals surface area contributed by atoms with Gasteiger partial charge in [-0.1, -0.05) is 32.0 Å². The van der Waals surface area contributed by atoms with Crippen LogP contribution in [0.3, 0.4) is 0 Å². The average molecular weight is 253 g/mol. The van der Waals surface area contributed by atoms with Gasteiger partial charge in [-0.3, -0.25) is 4.79 Å². The molecule has 1 rings (SSSR count). The minimum absolute atomic E-state index is 0.0145. The average Bonchev–Trinajstić information content (AvgIpc) is 2.34. The second-order valence-electron chi connectivity index (χ2n) is 4.20. The molecule has 1 aromatic rings. The summed E-state index contributed by atoms with van der Waals surface area (Å²) in [4.78, 5) is 12.7. The smallest absolute Gasteiger partial charge is 0.230 e. The summed E-state index contributed by atoms with van der Waals surface area (Å²) in [7, 11) is 0. The normalized spacial score (nSPS) is 12.5. The van der Waals surface area contributed by atoms with Crippen LogP contribution >= 0.6 is 11.8 Å². The van der Waals surface area contributed by atoms with Crippen molar-refractivity contribution in [3.63, 3.8) is 0 Å². The third kappa shape index (κ3) is 5.24. The molecule has 0 saturated carbocycles. The molecule has 94 valence electrons. The third-order valence-corrected chi connectivity index (χ3v) is 3.47. The zero-order valence-electron chi connectivity index (χ0n) is 10.2. The van der Waals surface area contributed by atoms with E-state index in [9.17, 15) is 4.79 Å². The number of hydrogen-bond donors (Lipinski definition) is 2. The lowest BCUT2D eigenvalue weighted by atomic mass is 10.1. The molecule has 0 aliphatic rings. The van der Waals surface area contributed by atoms with Crippen LogP contribution in [0.15, 0.2) is 35.2 Å². The molecule has 0 saturated heterocycles. The maximum atomic E-state index is 11.6. The molecular weight excluding hydrogens is 234 g/mol. The zero-order chi connectivity index (χ0) is 12.7. The predicted molar refractivity (Wildman–Crippen MR) is 71.0 cm³/mol. The predicted octanol–water partition coefficient (Wildman–Crippen LogP) is 1.91. The first-order valence-electron chi connectivity index (χ1n) is 5.71. The molecule has 0 aliphatic heterocycles. The van der Waals surface area contributed by atoms with Crippen LogP contribution < -0.4 is 5.32 Å². The number of aliphatic hydroxyl groups is 1. The molecule has 0 spiro atoms. The Morgan fingerprint density at radius 3 is 2.53 bits per heavy atom. The van der Waals surface area contributed by atoms with E-state index in [-0.39, 0.29) is 24.5 Å². The topological polar surface area (TPSA) is 49.3 Å². The minimum atomic E-state index is -0.154. The molecule has 0 fully saturated rings. The van der Waals surface area contributed by atoms with E-state index >= 15 is 0 Å². The summed E-state index contributed by atoms with van der Waals surface area (Å²) in [6, 6.07) is 9.65. The highest BCUT2D eigenvalue weighted by Gasteiger charge is 2.14. The van der Waals surface area contributed by atoms with Gasteiger partial charge in [0.1, 0.15) is 0 Å². The minimum Gasteiger partial charge on any atom is -0.394 e. The van der Waals surface area contributed by atoms with Crippen LogP contribution in [0.5, 0.6) is 0 Å². The van der Waals surface area contributed by atoms with Crippen LogP contribution in [-0.2, 0) is 4.79 Å². The summed E-state index contributed by atoms with van der Waals surface area (Å²) in [6.45, 7) is 3.94. The summed E-state index contributed by atoms with van der Waals surface area (Å²) in [6.07, 6.45) is 0. The van der Waals surface area contributed by atoms with Gasteiger partial charge >= 0.3 is 0 Å². The van der Waals surface area contributed by atoms with Crippen molar-refractivity contribution in [3.05, 3.63) is 30.3 Å². The highest BCUT2D eigenvalue weighted by Crippen LogP contribution is 2.16. The Hall–Kier alpha value is -1.00.